The van der Waals surface area contributed by atoms with Crippen LogP contribution in [0.2, 0.25) is 0 Å². The first-order valence-corrected chi connectivity index (χ1v) is 24.2. The molecule has 12 nitrogen and oxygen atoms in total. The predicted molar refractivity (Wildman–Crippen MR) is 46.2 cm³/mol. The third kappa shape index (κ3) is 2.52. The third-order valence-corrected chi connectivity index (χ3v) is 83.6. The Bertz CT molecular complexity index is 577. The van der Waals surface area contributed by atoms with E-state index in [0.717, 1.165) is 0 Å². The first-order chi connectivity index (χ1) is 7.00. The average Bonchev–Trinajstić information content (AvgIpc) is 1.67. The summed E-state index contributed by atoms with van der Waals surface area (Å²) >= 11 is 0. The second-order valence-corrected chi connectivity index (χ2v) is 58.4. The van der Waals surface area contributed by atoms with Crippen LogP contribution in [-0.2, 0) is 42.3 Å². The number of rotatable bonds is 4. The molecule has 4 N–H and O–H groups in total. The second kappa shape index (κ2) is 4.14. The zero-order valence-corrected chi connectivity index (χ0v) is 13.6. The van der Waals surface area contributed by atoms with Crippen LogP contribution in [0.3, 0.4) is 0 Å². The van der Waals surface area contributed by atoms with E-state index in [1.807, 2.05) is 0 Å². The van der Waals surface area contributed by atoms with E-state index in [1.165, 1.54) is 0 Å². The Labute approximate surface area is 93.8 Å². The van der Waals surface area contributed by atoms with Gasteiger partial charge in [-0.25, -0.2) is 0 Å². The van der Waals surface area contributed by atoms with Crippen molar-refractivity contribution >= 4 is 32.4 Å². The van der Waals surface area contributed by atoms with Crippen LogP contribution in [-0.4, -0.2) is 51.9 Å². The molecule has 0 spiro atoms. The number of hydrogen-bond acceptors (Lipinski definition) is 8. The summed E-state index contributed by atoms with van der Waals surface area (Å²) in [5.74, 6) is 0. The molecule has 0 saturated heterocycles. The fourth-order valence-electron chi connectivity index (χ4n) is 1.13. The third-order valence-electron chi connectivity index (χ3n) is 1.79. The molecule has 0 aliphatic rings. The van der Waals surface area contributed by atoms with Gasteiger partial charge in [-0.2, -0.15) is 0 Å². The minimum atomic E-state index is -8.56. The van der Waals surface area contributed by atoms with Gasteiger partial charge in [0.15, 0.2) is 0 Å². The molecule has 0 fully saturated rings. The first-order valence-electron chi connectivity index (χ1n) is 3.22. The molecule has 17 heteroatoms. The molecule has 0 atom stereocenters. The van der Waals surface area contributed by atoms with Crippen molar-refractivity contribution in [1.82, 2.24) is 0 Å². The van der Waals surface area contributed by atoms with Gasteiger partial charge in [-0.05, 0) is 0 Å². The molecule has 17 heavy (non-hydrogen) atoms. The van der Waals surface area contributed by atoms with Crippen LogP contribution < -0.4 is 0 Å². The molecule has 0 saturated carbocycles. The van der Waals surface area contributed by atoms with Crippen LogP contribution in [0.25, 0.3) is 0 Å². The van der Waals surface area contributed by atoms with E-state index >= 15 is 0 Å². The van der Waals surface area contributed by atoms with Crippen LogP contribution in [0.15, 0.2) is 0 Å². The summed E-state index contributed by atoms with van der Waals surface area (Å²) in [6.07, 6.45) is 0. The van der Waals surface area contributed by atoms with Gasteiger partial charge in [-0.1, -0.05) is 0 Å². The van der Waals surface area contributed by atoms with Crippen molar-refractivity contribution in [1.29, 1.82) is 0 Å². The monoisotopic (exact) mass is 388 g/mol. The summed E-state index contributed by atoms with van der Waals surface area (Å²) in [7, 11) is -34.5. The maximum absolute atomic E-state index is 10.6. The Kier molecular flexibility index (Phi) is 4.20. The van der Waals surface area contributed by atoms with Gasteiger partial charge in [-0.15, -0.1) is 0 Å². The van der Waals surface area contributed by atoms with E-state index in [2.05, 4.69) is 0 Å². The number of hydrogen-bond donors (Lipinski definition) is 4. The van der Waals surface area contributed by atoms with Crippen molar-refractivity contribution in [2.45, 2.75) is 0 Å². The van der Waals surface area contributed by atoms with Crippen LogP contribution in [0.5, 0.6) is 0 Å². The molecule has 0 aliphatic carbocycles. The van der Waals surface area contributed by atoms with Crippen LogP contribution in [0.4, 0.5) is 0 Å². The molecule has 0 radical (unpaired) electrons. The Balaban J connectivity index is 7.38. The van der Waals surface area contributed by atoms with Crippen LogP contribution in [0, 0.1) is 0 Å². The first kappa shape index (κ1) is 17.3. The van der Waals surface area contributed by atoms with Crippen LogP contribution >= 0.6 is 0 Å². The normalized spacial score (nSPS) is 14.8. The van der Waals surface area contributed by atoms with E-state index in [4.69, 9.17) is 18.2 Å². The zero-order chi connectivity index (χ0) is 14.5. The summed E-state index contributed by atoms with van der Waals surface area (Å²) < 4.78 is 119. The van der Waals surface area contributed by atoms with Gasteiger partial charge in [0.05, 0.1) is 0 Å². The summed E-state index contributed by atoms with van der Waals surface area (Å²) in [5, 5.41) is 0. The van der Waals surface area contributed by atoms with Crippen molar-refractivity contribution < 1.29 is 61.8 Å². The van der Waals surface area contributed by atoms with Crippen molar-refractivity contribution in [3.05, 3.63) is 0 Å². The molecule has 0 aromatic rings. The van der Waals surface area contributed by atoms with Gasteiger partial charge in [0.2, 0.25) is 0 Å². The van der Waals surface area contributed by atoms with Gasteiger partial charge in [0.1, 0.15) is 0 Å². The van der Waals surface area contributed by atoms with Gasteiger partial charge < -0.3 is 0 Å². The summed E-state index contributed by atoms with van der Waals surface area (Å²) in [6, 6.07) is 0. The minimum absolute atomic E-state index is 6.49. The fourth-order valence-corrected chi connectivity index (χ4v) is 52.8. The SMILES string of the molecule is O=[S](=O)(O)[Zn]([S](=O)(=O)O)([S](=O)(=O)O)[S](=O)(=O)O. The second-order valence-electron chi connectivity index (χ2n) is 3.03. The van der Waals surface area contributed by atoms with Crippen LogP contribution in [0.1, 0.15) is 0 Å². The summed E-state index contributed by atoms with van der Waals surface area (Å²) in [5.41, 5.74) is 0. The molecule has 0 aromatic carbocycles. The van der Waals surface area contributed by atoms with E-state index < -0.39 is 42.3 Å². The quantitative estimate of drug-likeness (QED) is 0.286. The molecule has 0 bridgehead atoms. The Morgan fingerprint density at radius 1 is 0.471 bits per heavy atom. The fraction of sp³-hybridized carbons (Fsp3) is 0. The van der Waals surface area contributed by atoms with E-state index in [0.29, 0.717) is 0 Å². The molecule has 0 aliphatic heterocycles. The molecule has 102 valence electrons. The topological polar surface area (TPSA) is 217 Å². The van der Waals surface area contributed by atoms with Crippen molar-refractivity contribution in [3.8, 4) is 0 Å². The standard InChI is InChI=1S/4HO3S.Zn/c4*1-4(2)3;/h4*(H,1,2,3);. The van der Waals surface area contributed by atoms with Crippen molar-refractivity contribution in [2.24, 2.45) is 0 Å². The summed E-state index contributed by atoms with van der Waals surface area (Å²) in [4.78, 5) is 0. The van der Waals surface area contributed by atoms with Gasteiger partial charge in [0.25, 0.3) is 0 Å². The molecule has 0 heterocycles. The average molecular weight is 390 g/mol. The maximum atomic E-state index is 10.6. The Morgan fingerprint density at radius 2 is 0.588 bits per heavy atom. The van der Waals surface area contributed by atoms with Gasteiger partial charge >= 0.3 is 94.2 Å². The van der Waals surface area contributed by atoms with E-state index in [-0.39, 0.29) is 0 Å². The van der Waals surface area contributed by atoms with Gasteiger partial charge in [-0.3, -0.25) is 0 Å². The van der Waals surface area contributed by atoms with Crippen molar-refractivity contribution in [3.63, 3.8) is 0 Å². The molecular weight excluding hydrogens is 386 g/mol. The zero-order valence-electron chi connectivity index (χ0n) is 7.39. The molecule has 0 unspecified atom stereocenters. The molecule has 0 rings (SSSR count). The molecule has 0 aromatic heterocycles. The molecular formula is H4O12S4Zn. The van der Waals surface area contributed by atoms with E-state index in [1.54, 1.807) is 0 Å². The molecule has 0 amide bonds. The van der Waals surface area contributed by atoms with E-state index in [9.17, 15) is 33.7 Å². The predicted octanol–water partition coefficient (Wildman–Crippen LogP) is -2.65. The van der Waals surface area contributed by atoms with Crippen molar-refractivity contribution in [2.75, 3.05) is 0 Å². The summed E-state index contributed by atoms with van der Waals surface area (Å²) in [6.45, 7) is 0. The Morgan fingerprint density at radius 3 is 0.588 bits per heavy atom. The van der Waals surface area contributed by atoms with Gasteiger partial charge in [0, 0.05) is 0 Å². The Hall–Kier alpha value is 0.263.